The van der Waals surface area contributed by atoms with Gasteiger partial charge in [-0.15, -0.1) is 0 Å². The molecule has 0 heterocycles. The van der Waals surface area contributed by atoms with Gasteiger partial charge in [-0.2, -0.15) is 0 Å². The van der Waals surface area contributed by atoms with Crippen LogP contribution in [-0.2, 0) is 0 Å². The molecule has 19 heavy (non-hydrogen) atoms. The predicted octanol–water partition coefficient (Wildman–Crippen LogP) is 4.30. The van der Waals surface area contributed by atoms with Gasteiger partial charge in [-0.05, 0) is 77.0 Å². The summed E-state index contributed by atoms with van der Waals surface area (Å²) >= 11 is 0. The van der Waals surface area contributed by atoms with E-state index in [1.165, 1.54) is 47.9 Å². The van der Waals surface area contributed by atoms with Gasteiger partial charge in [-0.25, -0.2) is 0 Å². The summed E-state index contributed by atoms with van der Waals surface area (Å²) in [6.45, 7) is 8.40. The summed E-state index contributed by atoms with van der Waals surface area (Å²) in [6.07, 6.45) is 5.14. The van der Waals surface area contributed by atoms with Gasteiger partial charge in [0.2, 0.25) is 0 Å². The van der Waals surface area contributed by atoms with E-state index in [4.69, 9.17) is 0 Å². The quantitative estimate of drug-likeness (QED) is 0.590. The van der Waals surface area contributed by atoms with Crippen molar-refractivity contribution in [2.24, 2.45) is 0 Å². The normalized spacial score (nSPS) is 16.0. The Kier molecular flexibility index (Phi) is 6.32. The van der Waals surface area contributed by atoms with Crippen LogP contribution in [0.2, 0.25) is 0 Å². The third-order valence-corrected chi connectivity index (χ3v) is 5.78. The molecule has 0 saturated heterocycles. The first-order chi connectivity index (χ1) is 8.50. The molecule has 1 aliphatic carbocycles. The van der Waals surface area contributed by atoms with Crippen molar-refractivity contribution in [3.05, 3.63) is 33.9 Å². The summed E-state index contributed by atoms with van der Waals surface area (Å²) in [4.78, 5) is 12.6. The molecule has 0 amide bonds. The Morgan fingerprint density at radius 1 is 1.05 bits per heavy atom. The van der Waals surface area contributed by atoms with E-state index in [0.717, 1.165) is 5.56 Å². The summed E-state index contributed by atoms with van der Waals surface area (Å²) < 4.78 is 0. The zero-order valence-electron chi connectivity index (χ0n) is 12.9. The summed E-state index contributed by atoms with van der Waals surface area (Å²) in [6, 6.07) is 2.19. The maximum Gasteiger partial charge on any atom is 0.181 e. The fraction of sp³-hybridized carbons (Fsp3) is 0.562. The Balaban J connectivity index is 0.00000180. The zero-order valence-corrected chi connectivity index (χ0v) is 13.9. The van der Waals surface area contributed by atoms with Crippen LogP contribution in [0.3, 0.4) is 0 Å². The molecule has 0 aliphatic heterocycles. The van der Waals surface area contributed by atoms with E-state index in [1.807, 2.05) is 0 Å². The van der Waals surface area contributed by atoms with Gasteiger partial charge in [0, 0.05) is 24.4 Å². The minimum atomic E-state index is 0. The van der Waals surface area contributed by atoms with Gasteiger partial charge in [-0.3, -0.25) is 4.79 Å². The van der Waals surface area contributed by atoms with Crippen LogP contribution in [0.1, 0.15) is 58.3 Å². The molecule has 0 bridgehead atoms. The van der Waals surface area contributed by atoms with Crippen LogP contribution in [0.25, 0.3) is 0 Å². The van der Waals surface area contributed by atoms with Gasteiger partial charge in [-0.1, -0.05) is 18.9 Å². The minimum absolute atomic E-state index is 0. The number of carbonyl (C=O) groups excluding carboxylic acids is 1. The molecule has 2 rings (SSSR count). The fourth-order valence-corrected chi connectivity index (χ4v) is 4.47. The van der Waals surface area contributed by atoms with Crippen molar-refractivity contribution >= 4 is 33.0 Å². The first kappa shape index (κ1) is 17.0. The second-order valence-corrected chi connectivity index (χ2v) is 7.15. The van der Waals surface area contributed by atoms with E-state index < -0.39 is 0 Å². The predicted molar refractivity (Wildman–Crippen MR) is 86.0 cm³/mol. The summed E-state index contributed by atoms with van der Waals surface area (Å²) in [5, 5.41) is 0. The molecule has 1 aromatic carbocycles. The van der Waals surface area contributed by atoms with E-state index in [1.54, 1.807) is 0 Å². The van der Waals surface area contributed by atoms with Gasteiger partial charge in [0.25, 0.3) is 0 Å². The summed E-state index contributed by atoms with van der Waals surface area (Å²) in [5.74, 6) is 0. The molecule has 3 heteroatoms. The summed E-state index contributed by atoms with van der Waals surface area (Å²) in [7, 11) is 0.484. The first-order valence-corrected chi connectivity index (χ1v) is 7.96. The molecular weight excluding hydrogens is 246 g/mol. The molecular formula is C16H23LiOP. The number of hydrogen-bond donors (Lipinski definition) is 0. The Labute approximate surface area is 130 Å². The van der Waals surface area contributed by atoms with Crippen LogP contribution in [0.15, 0.2) is 6.07 Å². The topological polar surface area (TPSA) is 17.1 Å². The van der Waals surface area contributed by atoms with Gasteiger partial charge < -0.3 is 0 Å². The maximum absolute atomic E-state index is 12.6. The Morgan fingerprint density at radius 2 is 1.53 bits per heavy atom. The van der Waals surface area contributed by atoms with E-state index in [-0.39, 0.29) is 18.9 Å². The van der Waals surface area contributed by atoms with Crippen LogP contribution in [0.4, 0.5) is 0 Å². The molecule has 1 unspecified atom stereocenters. The number of rotatable bonds is 3. The molecule has 1 radical (unpaired) electrons. The minimum Gasteiger partial charge on any atom is -0.289 e. The molecule has 99 valence electrons. The molecule has 1 nitrogen and oxygen atoms in total. The Morgan fingerprint density at radius 3 is 2.00 bits per heavy atom. The maximum atomic E-state index is 12.6. The number of benzene rings is 1. The first-order valence-electron chi connectivity index (χ1n) is 6.89. The van der Waals surface area contributed by atoms with E-state index in [0.29, 0.717) is 19.8 Å². The second-order valence-electron chi connectivity index (χ2n) is 5.59. The number of aryl methyl sites for hydroxylation is 2. The van der Waals surface area contributed by atoms with Gasteiger partial charge in [0.1, 0.15) is 0 Å². The smallest absolute Gasteiger partial charge is 0.181 e. The van der Waals surface area contributed by atoms with Crippen LogP contribution in [-0.4, -0.2) is 30.0 Å². The average Bonchev–Trinajstić information content (AvgIpc) is 2.79. The monoisotopic (exact) mass is 269 g/mol. The van der Waals surface area contributed by atoms with Crippen molar-refractivity contribution in [2.45, 2.75) is 59.0 Å². The zero-order chi connectivity index (χ0) is 13.3. The van der Waals surface area contributed by atoms with Crippen LogP contribution >= 0.6 is 8.58 Å². The fourth-order valence-electron chi connectivity index (χ4n) is 2.89. The second kappa shape index (κ2) is 7.08. The van der Waals surface area contributed by atoms with Crippen LogP contribution in [0, 0.1) is 27.7 Å². The molecule has 1 saturated carbocycles. The van der Waals surface area contributed by atoms with Gasteiger partial charge in [0.15, 0.2) is 5.52 Å². The Hall–Kier alpha value is -0.0826. The van der Waals surface area contributed by atoms with E-state index in [2.05, 4.69) is 33.8 Å². The van der Waals surface area contributed by atoms with E-state index in [9.17, 15) is 4.79 Å². The summed E-state index contributed by atoms with van der Waals surface area (Å²) in [5.41, 5.74) is 6.94. The standard InChI is InChI=1S/C16H23OP.Li/c1-10-9-11(2)13(4)15(12(10)3)16(17)18-14-7-5-6-8-14;/h9,14,18H,5-8H2,1-4H3;. The molecule has 0 N–H and O–H groups in total. The SMILES string of the molecule is Cc1cc(C)c(C)c(C(=O)PC2CCCC2)c1C.[Li]. The number of carbonyl (C=O) groups is 1. The largest absolute Gasteiger partial charge is 0.289 e. The van der Waals surface area contributed by atoms with Crippen molar-refractivity contribution < 1.29 is 4.79 Å². The van der Waals surface area contributed by atoms with Crippen LogP contribution in [0.5, 0.6) is 0 Å². The van der Waals surface area contributed by atoms with Crippen molar-refractivity contribution in [2.75, 3.05) is 0 Å². The third-order valence-electron chi connectivity index (χ3n) is 4.28. The van der Waals surface area contributed by atoms with Gasteiger partial charge >= 0.3 is 0 Å². The molecule has 1 aromatic rings. The third kappa shape index (κ3) is 3.72. The van der Waals surface area contributed by atoms with Crippen molar-refractivity contribution in [3.8, 4) is 0 Å². The Bertz CT molecular complexity index is 450. The molecule has 0 aromatic heterocycles. The van der Waals surface area contributed by atoms with E-state index >= 15 is 0 Å². The van der Waals surface area contributed by atoms with Crippen molar-refractivity contribution in [1.29, 1.82) is 0 Å². The number of hydrogen-bond acceptors (Lipinski definition) is 1. The molecule has 0 spiro atoms. The van der Waals surface area contributed by atoms with Crippen molar-refractivity contribution in [3.63, 3.8) is 0 Å². The average molecular weight is 269 g/mol. The van der Waals surface area contributed by atoms with Crippen molar-refractivity contribution in [1.82, 2.24) is 0 Å². The molecule has 1 atom stereocenters. The van der Waals surface area contributed by atoms with Crippen LogP contribution < -0.4 is 0 Å². The molecule has 1 aliphatic rings. The molecule has 1 fully saturated rings. The van der Waals surface area contributed by atoms with Gasteiger partial charge in [0.05, 0.1) is 0 Å².